The van der Waals surface area contributed by atoms with Crippen molar-refractivity contribution in [1.29, 1.82) is 0 Å². The fraction of sp³-hybridized carbons (Fsp3) is 0.526. The highest BCUT2D eigenvalue weighted by atomic mass is 32.3. The largest absolute Gasteiger partial charge is 0.462 e. The number of aliphatic imine (C=N–C) groups is 1. The first kappa shape index (κ1) is 18.8. The van der Waals surface area contributed by atoms with Gasteiger partial charge < -0.3 is 14.8 Å². The number of hydrogen-bond donors (Lipinski definition) is 1. The van der Waals surface area contributed by atoms with Crippen molar-refractivity contribution in [3.8, 4) is 0 Å². The Morgan fingerprint density at radius 2 is 1.92 bits per heavy atom. The minimum Gasteiger partial charge on any atom is -0.462 e. The fourth-order valence-corrected chi connectivity index (χ4v) is 8.49. The molecule has 0 aromatic heterocycles. The first-order valence-electron chi connectivity index (χ1n) is 9.05. The molecule has 142 valence electrons. The fourth-order valence-electron chi connectivity index (χ4n) is 3.83. The van der Waals surface area contributed by atoms with Gasteiger partial charge in [0.25, 0.3) is 0 Å². The Morgan fingerprint density at radius 3 is 2.50 bits per heavy atom. The van der Waals surface area contributed by atoms with Crippen LogP contribution in [0.1, 0.15) is 47.0 Å². The maximum Gasteiger partial charge on any atom is 0.347 e. The van der Waals surface area contributed by atoms with Crippen LogP contribution in [0.3, 0.4) is 0 Å². The summed E-state index contributed by atoms with van der Waals surface area (Å²) in [5, 5.41) is 4.58. The van der Waals surface area contributed by atoms with Gasteiger partial charge in [0.2, 0.25) is 0 Å². The van der Waals surface area contributed by atoms with Crippen LogP contribution < -0.4 is 5.32 Å². The van der Waals surface area contributed by atoms with E-state index in [2.05, 4.69) is 24.2 Å². The maximum absolute atomic E-state index is 12.1. The number of ether oxygens (including phenoxy) is 2. The van der Waals surface area contributed by atoms with Crippen LogP contribution in [0.5, 0.6) is 0 Å². The van der Waals surface area contributed by atoms with E-state index in [1.54, 1.807) is 13.8 Å². The third-order valence-electron chi connectivity index (χ3n) is 4.95. The van der Waals surface area contributed by atoms with Crippen molar-refractivity contribution >= 4 is 27.1 Å². The monoisotopic (exact) mass is 378 g/mol. The number of nitrogens with one attached hydrogen (secondary N) is 1. The van der Waals surface area contributed by atoms with Gasteiger partial charge in [0, 0.05) is 17.6 Å². The first-order valence-corrected chi connectivity index (χ1v) is 10.8. The highest BCUT2D eigenvalue weighted by Crippen LogP contribution is 2.87. The third-order valence-corrected chi connectivity index (χ3v) is 9.31. The van der Waals surface area contributed by atoms with E-state index in [0.717, 1.165) is 11.6 Å². The summed E-state index contributed by atoms with van der Waals surface area (Å²) in [4.78, 5) is 31.6. The lowest BCUT2D eigenvalue weighted by atomic mass is 10.0. The maximum atomic E-state index is 12.1. The lowest BCUT2D eigenvalue weighted by Crippen LogP contribution is -2.24. The summed E-state index contributed by atoms with van der Waals surface area (Å²) in [6.45, 7) is 8.14. The zero-order valence-electron chi connectivity index (χ0n) is 15.8. The summed E-state index contributed by atoms with van der Waals surface area (Å²) in [5.74, 6) is -1.37. The average molecular weight is 378 g/mol. The standard InChI is InChI=1S/C19H26N2O4S/c1-5-24-17(22)14(18(23)25-6-2)11-21-19-20-10-13(4)26(19)15-9-7-8-12(3)16(15)26/h10-11,15H,5-9H2,1-4H3,(H,20,21). The minimum atomic E-state index is -1.23. The van der Waals surface area contributed by atoms with Gasteiger partial charge in [-0.15, -0.1) is 10.0 Å². The van der Waals surface area contributed by atoms with Crippen molar-refractivity contribution in [3.05, 3.63) is 33.4 Å². The molecule has 7 heteroatoms. The number of amidine groups is 1. The Morgan fingerprint density at radius 1 is 1.27 bits per heavy atom. The van der Waals surface area contributed by atoms with E-state index < -0.39 is 22.0 Å². The van der Waals surface area contributed by atoms with Gasteiger partial charge in [-0.2, -0.15) is 0 Å². The SMILES string of the molecule is CCOC(=O)C(=CNC1=NC=C(C)S12C1=C(C)CCCC12)C(=O)OCC. The highest BCUT2D eigenvalue weighted by Gasteiger charge is 2.62. The molecule has 0 saturated carbocycles. The van der Waals surface area contributed by atoms with E-state index in [1.807, 2.05) is 6.20 Å². The Hall–Kier alpha value is -2.02. The molecule has 2 heterocycles. The van der Waals surface area contributed by atoms with E-state index in [1.165, 1.54) is 34.4 Å². The summed E-state index contributed by atoms with van der Waals surface area (Å²) >= 11 is 0. The Balaban J connectivity index is 1.85. The van der Waals surface area contributed by atoms with Crippen molar-refractivity contribution in [2.24, 2.45) is 4.99 Å². The quantitative estimate of drug-likeness (QED) is 0.261. The lowest BCUT2D eigenvalue weighted by molar-refractivity contribution is -0.146. The number of fused-ring (bicyclic) bond motifs is 3. The van der Waals surface area contributed by atoms with E-state index in [9.17, 15) is 9.59 Å². The number of esters is 2. The van der Waals surface area contributed by atoms with Crippen molar-refractivity contribution in [3.63, 3.8) is 0 Å². The van der Waals surface area contributed by atoms with Crippen LogP contribution in [0.25, 0.3) is 0 Å². The predicted molar refractivity (Wildman–Crippen MR) is 104 cm³/mol. The Bertz CT molecular complexity index is 746. The number of carbonyl (C=O) groups excluding carboxylic acids is 2. The molecule has 0 radical (unpaired) electrons. The molecule has 26 heavy (non-hydrogen) atoms. The van der Waals surface area contributed by atoms with E-state index in [0.29, 0.717) is 5.25 Å². The number of rotatable bonds is 5. The van der Waals surface area contributed by atoms with Crippen LogP contribution in [-0.4, -0.2) is 35.6 Å². The van der Waals surface area contributed by atoms with Crippen LogP contribution in [0, 0.1) is 0 Å². The topological polar surface area (TPSA) is 77.0 Å². The minimum absolute atomic E-state index is 0.134. The summed E-state index contributed by atoms with van der Waals surface area (Å²) in [6.07, 6.45) is 6.85. The Kier molecular flexibility index (Phi) is 5.27. The zero-order chi connectivity index (χ0) is 18.9. The molecule has 1 N–H and O–H groups in total. The van der Waals surface area contributed by atoms with Gasteiger partial charge in [0.05, 0.1) is 13.2 Å². The molecule has 0 amide bonds. The summed E-state index contributed by atoms with van der Waals surface area (Å²) in [5.41, 5.74) is 1.34. The average Bonchev–Trinajstić information content (AvgIpc) is 3.19. The molecule has 2 unspecified atom stereocenters. The zero-order valence-corrected chi connectivity index (χ0v) is 16.6. The van der Waals surface area contributed by atoms with Crippen LogP contribution in [0.4, 0.5) is 0 Å². The van der Waals surface area contributed by atoms with E-state index >= 15 is 0 Å². The summed E-state index contributed by atoms with van der Waals surface area (Å²) in [7, 11) is -1.23. The second kappa shape index (κ2) is 7.31. The molecule has 0 aromatic carbocycles. The van der Waals surface area contributed by atoms with Crippen LogP contribution >= 0.6 is 10.0 Å². The van der Waals surface area contributed by atoms with Gasteiger partial charge in [-0.05, 0) is 56.8 Å². The van der Waals surface area contributed by atoms with Crippen molar-refractivity contribution < 1.29 is 19.1 Å². The number of carbonyl (C=O) groups is 2. The smallest absolute Gasteiger partial charge is 0.347 e. The molecular formula is C19H26N2O4S. The van der Waals surface area contributed by atoms with Gasteiger partial charge in [0.1, 0.15) is 0 Å². The lowest BCUT2D eigenvalue weighted by Gasteiger charge is -2.20. The molecule has 3 rings (SSSR count). The molecule has 6 nitrogen and oxygen atoms in total. The molecule has 0 bridgehead atoms. The van der Waals surface area contributed by atoms with Crippen molar-refractivity contribution in [2.75, 3.05) is 13.2 Å². The Labute approximate surface area is 155 Å². The van der Waals surface area contributed by atoms with Gasteiger partial charge in [-0.3, -0.25) is 0 Å². The van der Waals surface area contributed by atoms with Crippen LogP contribution in [0.2, 0.25) is 0 Å². The molecule has 3 aliphatic rings. The summed E-state index contributed by atoms with van der Waals surface area (Å²) in [6, 6.07) is 0. The molecule has 1 fully saturated rings. The number of hydrogen-bond acceptors (Lipinski definition) is 6. The van der Waals surface area contributed by atoms with Crippen LogP contribution in [0.15, 0.2) is 38.3 Å². The second-order valence-electron chi connectivity index (χ2n) is 6.50. The second-order valence-corrected chi connectivity index (χ2v) is 9.86. The van der Waals surface area contributed by atoms with Gasteiger partial charge in [0.15, 0.2) is 10.7 Å². The van der Waals surface area contributed by atoms with Crippen LogP contribution in [-0.2, 0) is 19.1 Å². The van der Waals surface area contributed by atoms with E-state index in [4.69, 9.17) is 9.47 Å². The van der Waals surface area contributed by atoms with Crippen molar-refractivity contribution in [2.45, 2.75) is 52.2 Å². The first-order chi connectivity index (χ1) is 12.5. The normalized spacial score (nSPS) is 28.4. The third kappa shape index (κ3) is 2.88. The molecule has 2 atom stereocenters. The van der Waals surface area contributed by atoms with Gasteiger partial charge in [-0.25, -0.2) is 14.6 Å². The molecule has 2 aliphatic heterocycles. The predicted octanol–water partition coefficient (Wildman–Crippen LogP) is 3.46. The van der Waals surface area contributed by atoms with Crippen molar-refractivity contribution in [1.82, 2.24) is 5.32 Å². The molecule has 0 aromatic rings. The molecule has 1 spiro atoms. The summed E-state index contributed by atoms with van der Waals surface area (Å²) < 4.78 is 9.97. The van der Waals surface area contributed by atoms with Gasteiger partial charge in [-0.1, -0.05) is 5.57 Å². The molecular weight excluding hydrogens is 352 g/mol. The highest BCUT2D eigenvalue weighted by molar-refractivity contribution is 8.57. The van der Waals surface area contributed by atoms with Gasteiger partial charge >= 0.3 is 11.9 Å². The molecule has 1 saturated heterocycles. The molecule has 1 aliphatic carbocycles. The number of nitrogens with zero attached hydrogens (tertiary/aromatic N) is 1. The number of allylic oxidation sites excluding steroid dienone is 2. The van der Waals surface area contributed by atoms with E-state index in [-0.39, 0.29) is 18.8 Å².